The Kier molecular flexibility index (Phi) is 6.07. The molecule has 3 nitrogen and oxygen atoms in total. The van der Waals surface area contributed by atoms with Crippen LogP contribution in [0.5, 0.6) is 5.75 Å². The molecule has 1 aromatic carbocycles. The third-order valence-electron chi connectivity index (χ3n) is 4.35. The molecule has 0 saturated carbocycles. The molecular formula is C18H30N2O. The Morgan fingerprint density at radius 3 is 2.33 bits per heavy atom. The molecule has 0 bridgehead atoms. The fraction of sp³-hybridized carbons (Fsp3) is 0.667. The van der Waals surface area contributed by atoms with Crippen LogP contribution in [0.3, 0.4) is 0 Å². The van der Waals surface area contributed by atoms with Crippen molar-refractivity contribution in [2.45, 2.75) is 33.2 Å². The lowest BCUT2D eigenvalue weighted by atomic mass is 9.91. The van der Waals surface area contributed by atoms with Crippen molar-refractivity contribution in [1.29, 1.82) is 0 Å². The van der Waals surface area contributed by atoms with Gasteiger partial charge in [0.25, 0.3) is 0 Å². The first-order valence-electron chi connectivity index (χ1n) is 8.22. The van der Waals surface area contributed by atoms with Crippen LogP contribution in [-0.4, -0.2) is 38.2 Å². The summed E-state index contributed by atoms with van der Waals surface area (Å²) in [6.45, 7) is 11.5. The summed E-state index contributed by atoms with van der Waals surface area (Å²) in [4.78, 5) is 2.62. The van der Waals surface area contributed by atoms with E-state index in [1.807, 2.05) is 0 Å². The predicted molar refractivity (Wildman–Crippen MR) is 88.8 cm³/mol. The van der Waals surface area contributed by atoms with Crippen molar-refractivity contribution in [3.63, 3.8) is 0 Å². The predicted octanol–water partition coefficient (Wildman–Crippen LogP) is 3.32. The van der Waals surface area contributed by atoms with Crippen LogP contribution in [-0.2, 0) is 0 Å². The zero-order valence-electron chi connectivity index (χ0n) is 13.9. The number of likely N-dealkylation sites (N-methyl/N-ethyl adjacent to an activating group) is 1. The molecule has 21 heavy (non-hydrogen) atoms. The van der Waals surface area contributed by atoms with Crippen LogP contribution in [0.2, 0.25) is 0 Å². The number of nitrogens with one attached hydrogen (secondary N) is 1. The Balaban J connectivity index is 2.03. The molecule has 0 aromatic heterocycles. The van der Waals surface area contributed by atoms with Gasteiger partial charge in [0.05, 0.1) is 7.11 Å². The highest BCUT2D eigenvalue weighted by Crippen LogP contribution is 2.24. The topological polar surface area (TPSA) is 24.5 Å². The maximum Gasteiger partial charge on any atom is 0.118 e. The molecule has 3 unspecified atom stereocenters. The number of hydrogen-bond acceptors (Lipinski definition) is 3. The molecule has 1 N–H and O–H groups in total. The number of methoxy groups -OCH3 is 1. The van der Waals surface area contributed by atoms with Gasteiger partial charge < -0.3 is 15.0 Å². The van der Waals surface area contributed by atoms with Crippen molar-refractivity contribution in [2.75, 3.05) is 33.3 Å². The van der Waals surface area contributed by atoms with E-state index in [-0.39, 0.29) is 0 Å². The van der Waals surface area contributed by atoms with E-state index >= 15 is 0 Å². The van der Waals surface area contributed by atoms with Crippen molar-refractivity contribution in [1.82, 2.24) is 10.2 Å². The minimum Gasteiger partial charge on any atom is -0.497 e. The van der Waals surface area contributed by atoms with Crippen LogP contribution >= 0.6 is 0 Å². The third kappa shape index (κ3) is 4.72. The molecule has 2 rings (SSSR count). The first-order chi connectivity index (χ1) is 10.1. The second-order valence-electron chi connectivity index (χ2n) is 6.55. The van der Waals surface area contributed by atoms with Gasteiger partial charge in [-0.25, -0.2) is 0 Å². The van der Waals surface area contributed by atoms with Gasteiger partial charge in [0.1, 0.15) is 5.75 Å². The molecule has 1 aliphatic rings. The van der Waals surface area contributed by atoms with E-state index in [2.05, 4.69) is 55.3 Å². The van der Waals surface area contributed by atoms with Crippen molar-refractivity contribution >= 4 is 0 Å². The van der Waals surface area contributed by atoms with E-state index in [1.54, 1.807) is 7.11 Å². The highest BCUT2D eigenvalue weighted by Gasteiger charge is 2.24. The Labute approximate surface area is 129 Å². The second-order valence-corrected chi connectivity index (χ2v) is 6.55. The molecule has 0 aliphatic carbocycles. The van der Waals surface area contributed by atoms with Crippen LogP contribution in [0.1, 0.15) is 38.8 Å². The van der Waals surface area contributed by atoms with Crippen LogP contribution < -0.4 is 10.1 Å². The summed E-state index contributed by atoms with van der Waals surface area (Å²) in [6.07, 6.45) is 1.37. The SMILES string of the molecule is CCNC(CN1CC(C)CC(C)C1)c1ccc(OC)cc1. The van der Waals surface area contributed by atoms with E-state index in [1.165, 1.54) is 25.1 Å². The Hall–Kier alpha value is -1.06. The van der Waals surface area contributed by atoms with Gasteiger partial charge in [-0.1, -0.05) is 32.9 Å². The molecule has 1 aromatic rings. The van der Waals surface area contributed by atoms with Crippen molar-refractivity contribution in [2.24, 2.45) is 11.8 Å². The maximum atomic E-state index is 5.26. The number of likely N-dealkylation sites (tertiary alicyclic amines) is 1. The fourth-order valence-electron chi connectivity index (χ4n) is 3.57. The number of nitrogens with zero attached hydrogens (tertiary/aromatic N) is 1. The van der Waals surface area contributed by atoms with Gasteiger partial charge >= 0.3 is 0 Å². The molecule has 1 fully saturated rings. The van der Waals surface area contributed by atoms with E-state index in [0.29, 0.717) is 6.04 Å². The van der Waals surface area contributed by atoms with Gasteiger partial charge in [0.2, 0.25) is 0 Å². The molecule has 0 radical (unpaired) electrons. The third-order valence-corrected chi connectivity index (χ3v) is 4.35. The van der Waals surface area contributed by atoms with Gasteiger partial charge in [0.15, 0.2) is 0 Å². The van der Waals surface area contributed by atoms with Gasteiger partial charge in [-0.3, -0.25) is 0 Å². The summed E-state index contributed by atoms with van der Waals surface area (Å²) < 4.78 is 5.26. The lowest BCUT2D eigenvalue weighted by Gasteiger charge is -2.37. The lowest BCUT2D eigenvalue weighted by Crippen LogP contribution is -2.43. The number of ether oxygens (including phenoxy) is 1. The summed E-state index contributed by atoms with van der Waals surface area (Å²) in [6, 6.07) is 8.88. The molecule has 3 atom stereocenters. The van der Waals surface area contributed by atoms with Gasteiger partial charge in [0, 0.05) is 25.7 Å². The summed E-state index contributed by atoms with van der Waals surface area (Å²) in [5.41, 5.74) is 1.35. The summed E-state index contributed by atoms with van der Waals surface area (Å²) in [5, 5.41) is 3.63. The van der Waals surface area contributed by atoms with Crippen LogP contribution in [0.4, 0.5) is 0 Å². The maximum absolute atomic E-state index is 5.26. The monoisotopic (exact) mass is 290 g/mol. The smallest absolute Gasteiger partial charge is 0.118 e. The first kappa shape index (κ1) is 16.3. The molecular weight excluding hydrogens is 260 g/mol. The van der Waals surface area contributed by atoms with E-state index < -0.39 is 0 Å². The first-order valence-corrected chi connectivity index (χ1v) is 8.22. The van der Waals surface area contributed by atoms with Gasteiger partial charge in [-0.15, -0.1) is 0 Å². The fourth-order valence-corrected chi connectivity index (χ4v) is 3.57. The molecule has 1 heterocycles. The molecule has 118 valence electrons. The summed E-state index contributed by atoms with van der Waals surface area (Å²) in [5.74, 6) is 2.55. The summed E-state index contributed by atoms with van der Waals surface area (Å²) >= 11 is 0. The zero-order chi connectivity index (χ0) is 15.2. The highest BCUT2D eigenvalue weighted by molar-refractivity contribution is 5.29. The molecule has 3 heteroatoms. The minimum atomic E-state index is 0.401. The quantitative estimate of drug-likeness (QED) is 0.870. The average molecular weight is 290 g/mol. The second kappa shape index (κ2) is 7.81. The van der Waals surface area contributed by atoms with E-state index in [4.69, 9.17) is 4.74 Å². The van der Waals surface area contributed by atoms with Gasteiger partial charge in [-0.05, 0) is 42.5 Å². The largest absolute Gasteiger partial charge is 0.497 e. The number of rotatable bonds is 6. The number of hydrogen-bond donors (Lipinski definition) is 1. The lowest BCUT2D eigenvalue weighted by molar-refractivity contribution is 0.128. The molecule has 0 spiro atoms. The molecule has 1 aliphatic heterocycles. The van der Waals surface area contributed by atoms with E-state index in [9.17, 15) is 0 Å². The van der Waals surface area contributed by atoms with Crippen molar-refractivity contribution in [3.8, 4) is 5.75 Å². The van der Waals surface area contributed by atoms with E-state index in [0.717, 1.165) is 30.7 Å². The zero-order valence-corrected chi connectivity index (χ0v) is 13.9. The standard InChI is InChI=1S/C18H30N2O/c1-5-19-18(16-6-8-17(21-4)9-7-16)13-20-11-14(2)10-15(3)12-20/h6-9,14-15,18-19H,5,10-13H2,1-4H3. The van der Waals surface area contributed by atoms with Crippen LogP contribution in [0, 0.1) is 11.8 Å². The number of piperidine rings is 1. The van der Waals surface area contributed by atoms with Crippen LogP contribution in [0.25, 0.3) is 0 Å². The Morgan fingerprint density at radius 1 is 1.19 bits per heavy atom. The summed E-state index contributed by atoms with van der Waals surface area (Å²) in [7, 11) is 1.72. The Morgan fingerprint density at radius 2 is 1.81 bits per heavy atom. The highest BCUT2D eigenvalue weighted by atomic mass is 16.5. The Bertz CT molecular complexity index is 408. The number of benzene rings is 1. The minimum absolute atomic E-state index is 0.401. The van der Waals surface area contributed by atoms with Crippen molar-refractivity contribution in [3.05, 3.63) is 29.8 Å². The normalized spacial score (nSPS) is 24.8. The van der Waals surface area contributed by atoms with Crippen LogP contribution in [0.15, 0.2) is 24.3 Å². The van der Waals surface area contributed by atoms with Crippen molar-refractivity contribution < 1.29 is 4.74 Å². The molecule has 0 amide bonds. The molecule has 1 saturated heterocycles. The average Bonchev–Trinajstić information content (AvgIpc) is 2.46. The van der Waals surface area contributed by atoms with Gasteiger partial charge in [-0.2, -0.15) is 0 Å².